The van der Waals surface area contributed by atoms with Gasteiger partial charge in [0.1, 0.15) is 13.4 Å². The molecule has 0 aliphatic carbocycles. The van der Waals surface area contributed by atoms with Crippen molar-refractivity contribution in [3.05, 3.63) is 54.4 Å². The van der Waals surface area contributed by atoms with Crippen molar-refractivity contribution in [3.8, 4) is 0 Å². The molecule has 4 aromatic rings. The van der Waals surface area contributed by atoms with Crippen molar-refractivity contribution in [2.45, 2.75) is 26.2 Å². The van der Waals surface area contributed by atoms with Gasteiger partial charge in [0.2, 0.25) is 0 Å². The summed E-state index contributed by atoms with van der Waals surface area (Å²) in [6.07, 6.45) is 3.42. The molecular weight excluding hydrogens is 335 g/mol. The summed E-state index contributed by atoms with van der Waals surface area (Å²) in [6.45, 7) is 6.61. The average Bonchev–Trinajstić information content (AvgIpc) is 3.20. The van der Waals surface area contributed by atoms with E-state index in [0.717, 1.165) is 44.8 Å². The Morgan fingerprint density at radius 1 is 1.00 bits per heavy atom. The van der Waals surface area contributed by atoms with Crippen LogP contribution in [0.3, 0.4) is 0 Å². The van der Waals surface area contributed by atoms with Gasteiger partial charge >= 0.3 is 0 Å². The zero-order valence-electron chi connectivity index (χ0n) is 15.6. The van der Waals surface area contributed by atoms with Gasteiger partial charge in [-0.05, 0) is 24.0 Å². The topological polar surface area (TPSA) is 45.4 Å². The lowest BCUT2D eigenvalue weighted by Gasteiger charge is -2.34. The van der Waals surface area contributed by atoms with Crippen molar-refractivity contribution >= 4 is 47.1 Å². The predicted molar refractivity (Wildman–Crippen MR) is 110 cm³/mol. The third kappa shape index (κ3) is 2.32. The van der Waals surface area contributed by atoms with E-state index in [2.05, 4.69) is 44.9 Å². The van der Waals surface area contributed by atoms with Crippen molar-refractivity contribution in [2.75, 3.05) is 16.5 Å². The third-order valence-corrected chi connectivity index (χ3v) is 5.14. The number of rotatable bonds is 2. The normalized spacial score (nSPS) is 14.3. The lowest BCUT2D eigenvalue weighted by Crippen LogP contribution is -2.46. The Hall–Kier alpha value is -3.02. The van der Waals surface area contributed by atoms with Crippen molar-refractivity contribution in [1.29, 1.82) is 0 Å². The number of furan rings is 1. The van der Waals surface area contributed by atoms with Gasteiger partial charge in [0.25, 0.3) is 0 Å². The van der Waals surface area contributed by atoms with Crippen LogP contribution in [0.5, 0.6) is 0 Å². The Morgan fingerprint density at radius 2 is 1.74 bits per heavy atom. The van der Waals surface area contributed by atoms with Crippen LogP contribution in [0.25, 0.3) is 21.9 Å². The maximum Gasteiger partial charge on any atom is 0.178 e. The predicted octanol–water partition coefficient (Wildman–Crippen LogP) is 4.50. The Bertz CT molecular complexity index is 1180. The summed E-state index contributed by atoms with van der Waals surface area (Å²) in [5.41, 5.74) is 3.32. The third-order valence-electron chi connectivity index (χ3n) is 5.14. The molecule has 0 spiro atoms. The first kappa shape index (κ1) is 16.2. The molecular formula is C21H19BN4O. The first-order valence-corrected chi connectivity index (χ1v) is 9.01. The van der Waals surface area contributed by atoms with Crippen LogP contribution in [0, 0.1) is 6.92 Å². The summed E-state index contributed by atoms with van der Waals surface area (Å²) < 4.78 is 6.27. The van der Waals surface area contributed by atoms with E-state index in [4.69, 9.17) is 12.3 Å². The van der Waals surface area contributed by atoms with E-state index in [9.17, 15) is 0 Å². The van der Waals surface area contributed by atoms with Gasteiger partial charge in [-0.1, -0.05) is 44.2 Å². The molecule has 0 N–H and O–H groups in total. The number of hydrogen-bond donors (Lipinski definition) is 0. The number of benzene rings is 2. The number of hydrogen-bond acceptors (Lipinski definition) is 5. The van der Waals surface area contributed by atoms with Crippen LogP contribution in [-0.2, 0) is 0 Å². The van der Waals surface area contributed by atoms with E-state index >= 15 is 0 Å². The van der Waals surface area contributed by atoms with Crippen LogP contribution in [0.2, 0.25) is 0 Å². The van der Waals surface area contributed by atoms with Gasteiger partial charge in [-0.3, -0.25) is 0 Å². The molecule has 5 nitrogen and oxygen atoms in total. The van der Waals surface area contributed by atoms with Crippen LogP contribution >= 0.6 is 0 Å². The molecule has 0 bridgehead atoms. The molecule has 2 aromatic carbocycles. The molecule has 0 fully saturated rings. The highest BCUT2D eigenvalue weighted by molar-refractivity contribution is 6.17. The van der Waals surface area contributed by atoms with Gasteiger partial charge in [0.15, 0.2) is 17.2 Å². The second-order valence-corrected chi connectivity index (χ2v) is 7.56. The maximum atomic E-state index is 6.42. The SMILES string of the molecule is [B]C(C)(C)N1CN(c2c(C)ccc3c2oc2ccccc23)c2nccnc21. The van der Waals surface area contributed by atoms with Crippen molar-refractivity contribution in [3.63, 3.8) is 0 Å². The van der Waals surface area contributed by atoms with E-state index < -0.39 is 5.44 Å². The molecule has 6 heteroatoms. The molecule has 0 saturated carbocycles. The molecule has 0 amide bonds. The number of para-hydroxylation sites is 1. The van der Waals surface area contributed by atoms with E-state index in [1.165, 1.54) is 0 Å². The lowest BCUT2D eigenvalue weighted by molar-refractivity contribution is 0.633. The Balaban J connectivity index is 1.78. The molecule has 3 heterocycles. The summed E-state index contributed by atoms with van der Waals surface area (Å²) in [4.78, 5) is 13.4. The summed E-state index contributed by atoms with van der Waals surface area (Å²) in [6, 6.07) is 12.4. The van der Waals surface area contributed by atoms with Crippen LogP contribution in [-0.4, -0.2) is 29.9 Å². The van der Waals surface area contributed by atoms with E-state index in [1.807, 2.05) is 32.0 Å². The van der Waals surface area contributed by atoms with Crippen LogP contribution < -0.4 is 9.80 Å². The molecule has 2 radical (unpaired) electrons. The summed E-state index contributed by atoms with van der Waals surface area (Å²) >= 11 is 0. The molecule has 0 atom stereocenters. The lowest BCUT2D eigenvalue weighted by atomic mass is 9.80. The highest BCUT2D eigenvalue weighted by atomic mass is 16.3. The summed E-state index contributed by atoms with van der Waals surface area (Å²) in [5.74, 6) is 1.59. The van der Waals surface area contributed by atoms with Gasteiger partial charge < -0.3 is 14.2 Å². The van der Waals surface area contributed by atoms with Gasteiger partial charge in [0.05, 0.1) is 12.4 Å². The number of nitrogens with zero attached hydrogens (tertiary/aromatic N) is 4. The maximum absolute atomic E-state index is 6.42. The van der Waals surface area contributed by atoms with Crippen LogP contribution in [0.1, 0.15) is 19.4 Å². The fraction of sp³-hybridized carbons (Fsp3) is 0.238. The van der Waals surface area contributed by atoms with Crippen molar-refractivity contribution in [2.24, 2.45) is 0 Å². The number of aromatic nitrogens is 2. The molecule has 27 heavy (non-hydrogen) atoms. The zero-order valence-corrected chi connectivity index (χ0v) is 15.6. The second kappa shape index (κ2) is 5.49. The summed E-state index contributed by atoms with van der Waals surface area (Å²) in [7, 11) is 6.42. The minimum atomic E-state index is -0.560. The van der Waals surface area contributed by atoms with Crippen molar-refractivity contribution in [1.82, 2.24) is 9.97 Å². The number of aryl methyl sites for hydroxylation is 1. The van der Waals surface area contributed by atoms with E-state index in [0.29, 0.717) is 6.67 Å². The zero-order chi connectivity index (χ0) is 18.8. The standard InChI is InChI=1S/C21H19BN4O/c1-13-8-9-15-14-6-4-5-7-16(14)27-18(15)17(13)25-12-26(21(2,3)22)20-19(25)23-10-11-24-20/h4-11H,12H2,1-3H3. The molecule has 2 aromatic heterocycles. The monoisotopic (exact) mass is 354 g/mol. The van der Waals surface area contributed by atoms with Crippen molar-refractivity contribution < 1.29 is 4.42 Å². The second-order valence-electron chi connectivity index (χ2n) is 7.56. The highest BCUT2D eigenvalue weighted by Gasteiger charge is 2.37. The molecule has 5 rings (SSSR count). The first-order valence-electron chi connectivity index (χ1n) is 9.01. The Morgan fingerprint density at radius 3 is 2.52 bits per heavy atom. The largest absolute Gasteiger partial charge is 0.454 e. The first-order chi connectivity index (χ1) is 12.9. The molecule has 1 aliphatic rings. The molecule has 132 valence electrons. The summed E-state index contributed by atoms with van der Waals surface area (Å²) in [5, 5.41) is 2.21. The fourth-order valence-electron chi connectivity index (χ4n) is 3.82. The number of fused-ring (bicyclic) bond motifs is 4. The fourth-order valence-corrected chi connectivity index (χ4v) is 3.82. The van der Waals surface area contributed by atoms with Gasteiger partial charge in [-0.15, -0.1) is 0 Å². The molecule has 1 aliphatic heterocycles. The minimum absolute atomic E-state index is 0.560. The van der Waals surface area contributed by atoms with E-state index in [-0.39, 0.29) is 0 Å². The van der Waals surface area contributed by atoms with Crippen LogP contribution in [0.15, 0.2) is 53.2 Å². The number of anilines is 3. The Kier molecular flexibility index (Phi) is 3.29. The molecule has 0 saturated heterocycles. The van der Waals surface area contributed by atoms with Crippen LogP contribution in [0.4, 0.5) is 17.3 Å². The Labute approximate surface area is 159 Å². The minimum Gasteiger partial charge on any atom is -0.454 e. The quantitative estimate of drug-likeness (QED) is 0.496. The van der Waals surface area contributed by atoms with Gasteiger partial charge in [-0.2, -0.15) is 0 Å². The average molecular weight is 354 g/mol. The van der Waals surface area contributed by atoms with E-state index in [1.54, 1.807) is 12.4 Å². The van der Waals surface area contributed by atoms with Gasteiger partial charge in [0, 0.05) is 23.2 Å². The smallest absolute Gasteiger partial charge is 0.178 e. The van der Waals surface area contributed by atoms with Gasteiger partial charge in [-0.25, -0.2) is 9.97 Å². The molecule has 0 unspecified atom stereocenters. The highest BCUT2D eigenvalue weighted by Crippen LogP contribution is 2.45.